The van der Waals surface area contributed by atoms with Gasteiger partial charge in [-0.05, 0) is 50.1 Å². The second kappa shape index (κ2) is 8.55. The van der Waals surface area contributed by atoms with Crippen LogP contribution in [0.3, 0.4) is 0 Å². The van der Waals surface area contributed by atoms with Crippen molar-refractivity contribution in [3.8, 4) is 5.75 Å². The molecule has 0 radical (unpaired) electrons. The number of hydrazine groups is 1. The predicted molar refractivity (Wildman–Crippen MR) is 108 cm³/mol. The van der Waals surface area contributed by atoms with E-state index in [4.69, 9.17) is 4.74 Å². The van der Waals surface area contributed by atoms with Crippen LogP contribution in [-0.4, -0.2) is 27.7 Å². The molecule has 3 rings (SSSR count). The molecule has 0 aliphatic rings. The standard InChI is InChI=1S/C21H22N4O4/c1-13-7-6-10-19(14(13)2)29-15(3)21(28)24-23-20(27)12-25-17-9-5-4-8-16(17)18(26)11-22-25/h4-11,15H,12H2,1-3H3,(H,23,27)(H,24,28)/t15-/m1/s1. The molecule has 1 atom stereocenters. The fourth-order valence-electron chi connectivity index (χ4n) is 2.79. The van der Waals surface area contributed by atoms with Crippen LogP contribution in [0.2, 0.25) is 0 Å². The molecule has 3 aromatic rings. The molecule has 8 heteroatoms. The number of aryl methyl sites for hydroxylation is 1. The molecule has 0 aliphatic carbocycles. The lowest BCUT2D eigenvalue weighted by molar-refractivity contribution is -0.133. The number of hydrogen-bond acceptors (Lipinski definition) is 5. The van der Waals surface area contributed by atoms with Crippen molar-refractivity contribution < 1.29 is 14.3 Å². The topological polar surface area (TPSA) is 102 Å². The quantitative estimate of drug-likeness (QED) is 0.641. The van der Waals surface area contributed by atoms with E-state index in [1.807, 2.05) is 26.0 Å². The molecule has 0 saturated heterocycles. The van der Waals surface area contributed by atoms with Gasteiger partial charge in [0.2, 0.25) is 5.43 Å². The largest absolute Gasteiger partial charge is 0.481 e. The number of amides is 2. The number of nitrogens with one attached hydrogen (secondary N) is 2. The van der Waals surface area contributed by atoms with E-state index in [-0.39, 0.29) is 12.0 Å². The van der Waals surface area contributed by atoms with E-state index < -0.39 is 17.9 Å². The summed E-state index contributed by atoms with van der Waals surface area (Å²) in [5.74, 6) is -0.363. The van der Waals surface area contributed by atoms with Gasteiger partial charge in [0.25, 0.3) is 11.8 Å². The molecule has 2 aromatic carbocycles. The van der Waals surface area contributed by atoms with E-state index in [0.29, 0.717) is 16.7 Å². The third-order valence-corrected chi connectivity index (χ3v) is 4.61. The van der Waals surface area contributed by atoms with Crippen molar-refractivity contribution in [3.63, 3.8) is 0 Å². The van der Waals surface area contributed by atoms with Crippen LogP contribution in [0.15, 0.2) is 53.5 Å². The van der Waals surface area contributed by atoms with E-state index in [2.05, 4.69) is 16.0 Å². The number of aromatic nitrogens is 2. The smallest absolute Gasteiger partial charge is 0.279 e. The Morgan fingerprint density at radius 1 is 1.10 bits per heavy atom. The third kappa shape index (κ3) is 4.60. The number of benzene rings is 2. The number of ether oxygens (including phenoxy) is 1. The van der Waals surface area contributed by atoms with Gasteiger partial charge in [-0.15, -0.1) is 0 Å². The van der Waals surface area contributed by atoms with Gasteiger partial charge in [-0.1, -0.05) is 24.3 Å². The number of para-hydroxylation sites is 1. The van der Waals surface area contributed by atoms with Crippen LogP contribution in [0.1, 0.15) is 18.1 Å². The third-order valence-electron chi connectivity index (χ3n) is 4.61. The zero-order chi connectivity index (χ0) is 21.0. The first kappa shape index (κ1) is 20.1. The van der Waals surface area contributed by atoms with Crippen molar-refractivity contribution in [1.29, 1.82) is 0 Å². The van der Waals surface area contributed by atoms with Crippen LogP contribution in [0.4, 0.5) is 0 Å². The number of carbonyl (C=O) groups excluding carboxylic acids is 2. The Balaban J connectivity index is 1.59. The highest BCUT2D eigenvalue weighted by molar-refractivity contribution is 5.85. The average Bonchev–Trinajstić information content (AvgIpc) is 2.72. The van der Waals surface area contributed by atoms with Crippen LogP contribution in [0, 0.1) is 13.8 Å². The van der Waals surface area contributed by atoms with E-state index in [1.54, 1.807) is 37.3 Å². The molecule has 0 aliphatic heterocycles. The monoisotopic (exact) mass is 394 g/mol. The number of rotatable bonds is 5. The van der Waals surface area contributed by atoms with Crippen LogP contribution in [0.25, 0.3) is 10.9 Å². The van der Waals surface area contributed by atoms with Crippen LogP contribution >= 0.6 is 0 Å². The summed E-state index contributed by atoms with van der Waals surface area (Å²) < 4.78 is 7.09. The van der Waals surface area contributed by atoms with Crippen LogP contribution in [-0.2, 0) is 16.1 Å². The highest BCUT2D eigenvalue weighted by atomic mass is 16.5. The minimum atomic E-state index is -0.804. The molecule has 150 valence electrons. The summed E-state index contributed by atoms with van der Waals surface area (Å²) >= 11 is 0. The van der Waals surface area contributed by atoms with Gasteiger partial charge in [0.05, 0.1) is 11.7 Å². The Bertz CT molecular complexity index is 1120. The minimum Gasteiger partial charge on any atom is -0.481 e. The van der Waals surface area contributed by atoms with Crippen molar-refractivity contribution in [2.24, 2.45) is 0 Å². The lowest BCUT2D eigenvalue weighted by Crippen LogP contribution is -2.48. The molecule has 1 heterocycles. The van der Waals surface area contributed by atoms with Gasteiger partial charge >= 0.3 is 0 Å². The number of nitrogens with zero attached hydrogens (tertiary/aromatic N) is 2. The van der Waals surface area contributed by atoms with Gasteiger partial charge < -0.3 is 4.74 Å². The number of hydrogen-bond donors (Lipinski definition) is 2. The van der Waals surface area contributed by atoms with E-state index >= 15 is 0 Å². The lowest BCUT2D eigenvalue weighted by atomic mass is 10.1. The molecule has 0 saturated carbocycles. The van der Waals surface area contributed by atoms with Crippen molar-refractivity contribution in [2.75, 3.05) is 0 Å². The number of carbonyl (C=O) groups is 2. The molecule has 0 bridgehead atoms. The summed E-state index contributed by atoms with van der Waals surface area (Å²) in [5.41, 5.74) is 7.02. The van der Waals surface area contributed by atoms with Crippen LogP contribution < -0.4 is 21.0 Å². The fourth-order valence-corrected chi connectivity index (χ4v) is 2.79. The molecular weight excluding hydrogens is 372 g/mol. The highest BCUT2D eigenvalue weighted by Crippen LogP contribution is 2.21. The average molecular weight is 394 g/mol. The molecule has 2 N–H and O–H groups in total. The van der Waals surface area contributed by atoms with E-state index in [1.165, 1.54) is 4.68 Å². The van der Waals surface area contributed by atoms with Crippen LogP contribution in [0.5, 0.6) is 5.75 Å². The zero-order valence-electron chi connectivity index (χ0n) is 16.4. The Hall–Kier alpha value is -3.68. The zero-order valence-corrected chi connectivity index (χ0v) is 16.4. The first-order valence-corrected chi connectivity index (χ1v) is 9.13. The summed E-state index contributed by atoms with van der Waals surface area (Å²) in [7, 11) is 0. The predicted octanol–water partition coefficient (Wildman–Crippen LogP) is 1.63. The summed E-state index contributed by atoms with van der Waals surface area (Å²) in [4.78, 5) is 36.3. The maximum Gasteiger partial charge on any atom is 0.279 e. The first-order chi connectivity index (χ1) is 13.9. The second-order valence-corrected chi connectivity index (χ2v) is 6.68. The van der Waals surface area contributed by atoms with Gasteiger partial charge in [0.15, 0.2) is 6.10 Å². The summed E-state index contributed by atoms with van der Waals surface area (Å²) in [5, 5.41) is 4.46. The second-order valence-electron chi connectivity index (χ2n) is 6.68. The highest BCUT2D eigenvalue weighted by Gasteiger charge is 2.17. The Morgan fingerprint density at radius 2 is 1.86 bits per heavy atom. The van der Waals surface area contributed by atoms with Crippen molar-refractivity contribution in [2.45, 2.75) is 33.4 Å². The molecule has 8 nitrogen and oxygen atoms in total. The molecule has 0 spiro atoms. The van der Waals surface area contributed by atoms with Gasteiger partial charge in [-0.2, -0.15) is 5.10 Å². The first-order valence-electron chi connectivity index (χ1n) is 9.13. The normalized spacial score (nSPS) is 11.7. The van der Waals surface area contributed by atoms with Crippen molar-refractivity contribution in [1.82, 2.24) is 20.6 Å². The van der Waals surface area contributed by atoms with E-state index in [9.17, 15) is 14.4 Å². The Labute approximate surface area is 167 Å². The molecule has 0 unspecified atom stereocenters. The van der Waals surface area contributed by atoms with Gasteiger partial charge in [0, 0.05) is 5.39 Å². The maximum absolute atomic E-state index is 12.2. The molecule has 29 heavy (non-hydrogen) atoms. The molecule has 2 amide bonds. The Morgan fingerprint density at radius 3 is 2.66 bits per heavy atom. The van der Waals surface area contributed by atoms with E-state index in [0.717, 1.165) is 17.3 Å². The maximum atomic E-state index is 12.2. The minimum absolute atomic E-state index is 0.159. The number of fused-ring (bicyclic) bond motifs is 1. The summed E-state index contributed by atoms with van der Waals surface area (Å²) in [6, 6.07) is 12.5. The van der Waals surface area contributed by atoms with Gasteiger partial charge in [0.1, 0.15) is 12.3 Å². The van der Waals surface area contributed by atoms with Crippen molar-refractivity contribution in [3.05, 3.63) is 70.0 Å². The van der Waals surface area contributed by atoms with Gasteiger partial charge in [-0.25, -0.2) is 0 Å². The van der Waals surface area contributed by atoms with Gasteiger partial charge in [-0.3, -0.25) is 29.9 Å². The SMILES string of the molecule is Cc1cccc(O[C@H](C)C(=O)NNC(=O)Cn2ncc(=O)c3ccccc32)c1C. The fraction of sp³-hybridized carbons (Fsp3) is 0.238. The molecular formula is C21H22N4O4. The van der Waals surface area contributed by atoms with Crippen molar-refractivity contribution >= 4 is 22.7 Å². The molecule has 1 aromatic heterocycles. The summed E-state index contributed by atoms with van der Waals surface area (Å²) in [6.07, 6.45) is 0.357. The molecule has 0 fully saturated rings. The lowest BCUT2D eigenvalue weighted by Gasteiger charge is -2.17. The summed E-state index contributed by atoms with van der Waals surface area (Å²) in [6.45, 7) is 5.31. The Kier molecular flexibility index (Phi) is 5.92.